The smallest absolute Gasteiger partial charge is 0.357 e. The van der Waals surface area contributed by atoms with E-state index in [9.17, 15) is 29.9 Å². The van der Waals surface area contributed by atoms with Gasteiger partial charge in [0.25, 0.3) is 0 Å². The van der Waals surface area contributed by atoms with Crippen LogP contribution >= 0.6 is 15.9 Å². The minimum atomic E-state index is -1.13. The van der Waals surface area contributed by atoms with E-state index in [0.29, 0.717) is 4.47 Å². The maximum Gasteiger partial charge on any atom is 0.357 e. The molecule has 1 aromatic carbocycles. The van der Waals surface area contributed by atoms with E-state index in [2.05, 4.69) is 20.9 Å². The lowest BCUT2D eigenvalue weighted by atomic mass is 10.1. The SMILES string of the molecule is O=c1[nH]c(/C=C/c2cc(Br)c(O)cc2O)c([N+](=O)[O-])c(=O)[nH]1. The largest absolute Gasteiger partial charge is 0.507 e. The van der Waals surface area contributed by atoms with Crippen LogP contribution in [-0.2, 0) is 0 Å². The van der Waals surface area contributed by atoms with Gasteiger partial charge in [-0.15, -0.1) is 0 Å². The van der Waals surface area contributed by atoms with Crippen LogP contribution in [0.3, 0.4) is 0 Å². The second-order valence-electron chi connectivity index (χ2n) is 4.12. The van der Waals surface area contributed by atoms with Gasteiger partial charge in [-0.2, -0.15) is 0 Å². The average Bonchev–Trinajstić information content (AvgIpc) is 2.40. The van der Waals surface area contributed by atoms with Gasteiger partial charge in [-0.3, -0.25) is 19.9 Å². The van der Waals surface area contributed by atoms with Crippen LogP contribution in [-0.4, -0.2) is 25.1 Å². The number of phenols is 2. The molecular weight excluding hydrogens is 362 g/mol. The summed E-state index contributed by atoms with van der Waals surface area (Å²) in [4.78, 5) is 36.5. The molecule has 10 heteroatoms. The Kier molecular flexibility index (Phi) is 4.13. The van der Waals surface area contributed by atoms with Crippen molar-refractivity contribution in [3.63, 3.8) is 0 Å². The molecule has 0 radical (unpaired) electrons. The van der Waals surface area contributed by atoms with Gasteiger partial charge >= 0.3 is 16.9 Å². The lowest BCUT2D eigenvalue weighted by Crippen LogP contribution is -2.25. The summed E-state index contributed by atoms with van der Waals surface area (Å²) in [6, 6.07) is 2.43. The molecule has 1 aromatic heterocycles. The number of hydrogen-bond donors (Lipinski definition) is 4. The van der Waals surface area contributed by atoms with Crippen molar-refractivity contribution in [1.29, 1.82) is 0 Å². The Balaban J connectivity index is 2.56. The first-order valence-electron chi connectivity index (χ1n) is 5.70. The molecule has 1 heterocycles. The number of phenolic OH excluding ortho intramolecular Hbond substituents is 2. The van der Waals surface area contributed by atoms with Crippen LogP contribution < -0.4 is 11.2 Å². The fourth-order valence-electron chi connectivity index (χ4n) is 1.67. The lowest BCUT2D eigenvalue weighted by molar-refractivity contribution is -0.386. The maximum absolute atomic E-state index is 11.4. The molecule has 0 amide bonds. The Bertz CT molecular complexity index is 899. The van der Waals surface area contributed by atoms with Crippen molar-refractivity contribution in [1.82, 2.24) is 9.97 Å². The second-order valence-corrected chi connectivity index (χ2v) is 4.98. The third kappa shape index (κ3) is 3.06. The molecule has 0 spiro atoms. The lowest BCUT2D eigenvalue weighted by Gasteiger charge is -2.02. The number of benzene rings is 1. The average molecular weight is 370 g/mol. The third-order valence-corrected chi connectivity index (χ3v) is 3.29. The Morgan fingerprint density at radius 2 is 1.82 bits per heavy atom. The molecule has 0 aliphatic rings. The summed E-state index contributed by atoms with van der Waals surface area (Å²) < 4.78 is 0.291. The van der Waals surface area contributed by atoms with E-state index in [4.69, 9.17) is 0 Å². The Morgan fingerprint density at radius 1 is 1.14 bits per heavy atom. The quantitative estimate of drug-likeness (QED) is 0.473. The number of nitrogens with zero attached hydrogens (tertiary/aromatic N) is 1. The molecule has 2 rings (SSSR count). The number of aromatic amines is 2. The number of nitrogens with one attached hydrogen (secondary N) is 2. The van der Waals surface area contributed by atoms with Crippen molar-refractivity contribution < 1.29 is 15.1 Å². The molecule has 4 N–H and O–H groups in total. The summed E-state index contributed by atoms with van der Waals surface area (Å²) in [5, 5.41) is 29.9. The first kappa shape index (κ1) is 15.5. The highest BCUT2D eigenvalue weighted by molar-refractivity contribution is 9.10. The molecular formula is C12H8BrN3O6. The molecule has 0 saturated carbocycles. The fraction of sp³-hybridized carbons (Fsp3) is 0. The van der Waals surface area contributed by atoms with Gasteiger partial charge < -0.3 is 15.2 Å². The van der Waals surface area contributed by atoms with Gasteiger partial charge in [-0.05, 0) is 34.1 Å². The summed E-state index contributed by atoms with van der Waals surface area (Å²) in [5.74, 6) is -0.475. The normalized spacial score (nSPS) is 11.0. The number of aromatic nitrogens is 2. The van der Waals surface area contributed by atoms with Gasteiger partial charge in [0.15, 0.2) is 0 Å². The predicted octanol–water partition coefficient (Wildman–Crippen LogP) is 1.32. The third-order valence-electron chi connectivity index (χ3n) is 2.65. The predicted molar refractivity (Wildman–Crippen MR) is 80.7 cm³/mol. The Labute approximate surface area is 129 Å². The van der Waals surface area contributed by atoms with Crippen molar-refractivity contribution >= 4 is 33.8 Å². The minimum Gasteiger partial charge on any atom is -0.507 e. The van der Waals surface area contributed by atoms with Gasteiger partial charge in [0.05, 0.1) is 9.40 Å². The Hall–Kier alpha value is -2.88. The van der Waals surface area contributed by atoms with Crippen molar-refractivity contribution in [3.8, 4) is 11.5 Å². The van der Waals surface area contributed by atoms with E-state index < -0.39 is 21.9 Å². The number of nitro groups is 1. The van der Waals surface area contributed by atoms with Gasteiger partial charge in [-0.1, -0.05) is 0 Å². The van der Waals surface area contributed by atoms with Gasteiger partial charge in [0, 0.05) is 11.6 Å². The summed E-state index contributed by atoms with van der Waals surface area (Å²) in [5.41, 5.74) is -2.97. The van der Waals surface area contributed by atoms with Crippen molar-refractivity contribution in [3.05, 3.63) is 58.8 Å². The first-order valence-corrected chi connectivity index (χ1v) is 6.49. The van der Waals surface area contributed by atoms with E-state index in [1.54, 1.807) is 4.98 Å². The van der Waals surface area contributed by atoms with Gasteiger partial charge in [0.2, 0.25) is 0 Å². The highest BCUT2D eigenvalue weighted by Gasteiger charge is 2.18. The molecule has 0 bridgehead atoms. The van der Waals surface area contributed by atoms with Crippen LogP contribution in [0, 0.1) is 10.1 Å². The van der Waals surface area contributed by atoms with Crippen LogP contribution in [0.15, 0.2) is 26.2 Å². The summed E-state index contributed by atoms with van der Waals surface area (Å²) in [6.45, 7) is 0. The number of aromatic hydroxyl groups is 2. The molecule has 22 heavy (non-hydrogen) atoms. The minimum absolute atomic E-state index is 0.190. The van der Waals surface area contributed by atoms with Gasteiger partial charge in [-0.25, -0.2) is 4.79 Å². The highest BCUT2D eigenvalue weighted by atomic mass is 79.9. The number of hydrogen-bond acceptors (Lipinski definition) is 6. The summed E-state index contributed by atoms with van der Waals surface area (Å²) in [7, 11) is 0. The fourth-order valence-corrected chi connectivity index (χ4v) is 2.03. The van der Waals surface area contributed by atoms with Gasteiger partial charge in [0.1, 0.15) is 17.2 Å². The molecule has 0 atom stereocenters. The maximum atomic E-state index is 11.4. The van der Waals surface area contributed by atoms with Crippen LogP contribution in [0.2, 0.25) is 0 Å². The van der Waals surface area contributed by atoms with Crippen molar-refractivity contribution in [2.45, 2.75) is 0 Å². The second kappa shape index (κ2) is 5.85. The van der Waals surface area contributed by atoms with E-state index >= 15 is 0 Å². The molecule has 0 saturated heterocycles. The molecule has 0 aliphatic heterocycles. The standard InChI is InChI=1S/C12H8BrN3O6/c13-6-3-5(8(17)4-9(6)18)1-2-7-10(16(21)22)11(19)15-12(20)14-7/h1-4,17-18H,(H2,14,15,19,20)/b2-1+. The number of H-pyrrole nitrogens is 2. The molecule has 114 valence electrons. The Morgan fingerprint density at radius 3 is 2.45 bits per heavy atom. The topological polar surface area (TPSA) is 149 Å². The summed E-state index contributed by atoms with van der Waals surface area (Å²) >= 11 is 3.05. The van der Waals surface area contributed by atoms with Crippen LogP contribution in [0.25, 0.3) is 12.2 Å². The molecule has 9 nitrogen and oxygen atoms in total. The van der Waals surface area contributed by atoms with Crippen molar-refractivity contribution in [2.24, 2.45) is 0 Å². The van der Waals surface area contributed by atoms with Crippen LogP contribution in [0.1, 0.15) is 11.3 Å². The number of rotatable bonds is 3. The van der Waals surface area contributed by atoms with E-state index in [-0.39, 0.29) is 22.8 Å². The zero-order chi connectivity index (χ0) is 16.4. The molecule has 0 fully saturated rings. The monoisotopic (exact) mass is 369 g/mol. The van der Waals surface area contributed by atoms with Crippen LogP contribution in [0.4, 0.5) is 5.69 Å². The number of halogens is 1. The van der Waals surface area contributed by atoms with E-state index in [0.717, 1.165) is 12.1 Å². The zero-order valence-corrected chi connectivity index (χ0v) is 12.2. The first-order chi connectivity index (χ1) is 10.3. The van der Waals surface area contributed by atoms with E-state index in [1.807, 2.05) is 0 Å². The van der Waals surface area contributed by atoms with Crippen LogP contribution in [0.5, 0.6) is 11.5 Å². The highest BCUT2D eigenvalue weighted by Crippen LogP contribution is 2.32. The molecule has 0 unspecified atom stereocenters. The van der Waals surface area contributed by atoms with E-state index in [1.165, 1.54) is 12.1 Å². The van der Waals surface area contributed by atoms with Crippen molar-refractivity contribution in [2.75, 3.05) is 0 Å². The molecule has 2 aromatic rings. The summed E-state index contributed by atoms with van der Waals surface area (Å²) in [6.07, 6.45) is 2.35. The zero-order valence-electron chi connectivity index (χ0n) is 10.7. The molecule has 0 aliphatic carbocycles.